The molecule has 0 saturated heterocycles. The fourth-order valence-electron chi connectivity index (χ4n) is 2.23. The molecule has 0 saturated carbocycles. The lowest BCUT2D eigenvalue weighted by Gasteiger charge is -2.40. The Hall–Kier alpha value is -2.38. The van der Waals surface area contributed by atoms with Crippen molar-refractivity contribution in [3.05, 3.63) is 11.8 Å². The van der Waals surface area contributed by atoms with Crippen LogP contribution >= 0.6 is 0 Å². The smallest absolute Gasteiger partial charge is 0.471 e. The summed E-state index contributed by atoms with van der Waals surface area (Å²) in [6.07, 6.45) is -10.5. The van der Waals surface area contributed by atoms with E-state index in [1.54, 1.807) is 0 Å². The molecule has 2 amide bonds. The minimum absolute atomic E-state index is 0.736. The number of aliphatic hydroxyl groups is 3. The van der Waals surface area contributed by atoms with Crippen LogP contribution in [0, 0.1) is 0 Å². The number of rotatable bonds is 6. The molecule has 0 spiro atoms. The number of nitrogens with one attached hydrogen (secondary N) is 2. The van der Waals surface area contributed by atoms with Gasteiger partial charge in [0.2, 0.25) is 11.7 Å². The van der Waals surface area contributed by atoms with Gasteiger partial charge in [-0.25, -0.2) is 4.79 Å². The summed E-state index contributed by atoms with van der Waals surface area (Å²) in [6, 6.07) is -3.31. The summed E-state index contributed by atoms with van der Waals surface area (Å²) in [5.74, 6) is -5.73. The number of hydrogen-bond acceptors (Lipinski definition) is 7. The lowest BCUT2D eigenvalue weighted by Crippen LogP contribution is -2.64. The van der Waals surface area contributed by atoms with Crippen LogP contribution in [0.2, 0.25) is 0 Å². The minimum atomic E-state index is -5.32. The summed E-state index contributed by atoms with van der Waals surface area (Å²) in [6.45, 7) is -0.0434. The van der Waals surface area contributed by atoms with E-state index < -0.39 is 66.7 Å². The molecule has 1 aliphatic rings. The molecule has 0 fully saturated rings. The van der Waals surface area contributed by atoms with E-state index in [4.69, 9.17) is 14.9 Å². The Labute approximate surface area is 144 Å². The highest BCUT2D eigenvalue weighted by Gasteiger charge is 2.48. The predicted molar refractivity (Wildman–Crippen MR) is 75.3 cm³/mol. The summed E-state index contributed by atoms with van der Waals surface area (Å²) >= 11 is 0. The van der Waals surface area contributed by atoms with Gasteiger partial charge in [-0.2, -0.15) is 13.2 Å². The van der Waals surface area contributed by atoms with Crippen LogP contribution in [-0.2, 0) is 19.1 Å². The standard InChI is InChI=1S/C13H17F3N2O8/c1-4(20)17-5-2-7(11(23)24)26-10(9(22)6(21)3-19)8(5)18-12(25)13(14,15)16/h2,5-6,8-10,19,21-22H,3H2,1H3,(H,17,20)(H,18,25)(H,23,24)/t5-,6-,8-,9-,10-/m1/s1. The molecule has 0 unspecified atom stereocenters. The average Bonchev–Trinajstić information content (AvgIpc) is 2.52. The van der Waals surface area contributed by atoms with E-state index in [-0.39, 0.29) is 0 Å². The van der Waals surface area contributed by atoms with E-state index in [1.165, 1.54) is 5.32 Å². The van der Waals surface area contributed by atoms with Crippen LogP contribution in [0.3, 0.4) is 0 Å². The van der Waals surface area contributed by atoms with Crippen molar-refractivity contribution in [3.63, 3.8) is 0 Å². The number of hydrogen-bond donors (Lipinski definition) is 6. The number of aliphatic carboxylic acids is 1. The van der Waals surface area contributed by atoms with Gasteiger partial charge in [-0.3, -0.25) is 9.59 Å². The fourth-order valence-corrected chi connectivity index (χ4v) is 2.23. The SMILES string of the molecule is CC(=O)N[C@@H]1C=C(C(=O)O)O[C@@H]([C@H](O)[C@H](O)CO)[C@@H]1NC(=O)C(F)(F)F. The van der Waals surface area contributed by atoms with E-state index in [0.717, 1.165) is 13.0 Å². The van der Waals surface area contributed by atoms with Crippen molar-refractivity contribution < 1.29 is 52.7 Å². The molecule has 0 aliphatic carbocycles. The summed E-state index contributed by atoms with van der Waals surface area (Å²) in [7, 11) is 0. The normalized spacial score (nSPS) is 25.3. The molecule has 1 heterocycles. The van der Waals surface area contributed by atoms with Crippen LogP contribution < -0.4 is 10.6 Å². The Morgan fingerprint density at radius 3 is 2.27 bits per heavy atom. The third kappa shape index (κ3) is 5.31. The number of halogens is 3. The maximum absolute atomic E-state index is 12.5. The first-order chi connectivity index (χ1) is 11.9. The van der Waals surface area contributed by atoms with Crippen LogP contribution in [-0.4, -0.2) is 81.4 Å². The van der Waals surface area contributed by atoms with Crippen LogP contribution in [0.25, 0.3) is 0 Å². The van der Waals surface area contributed by atoms with Crippen molar-refractivity contribution in [2.75, 3.05) is 6.61 Å². The van der Waals surface area contributed by atoms with E-state index in [9.17, 15) is 37.8 Å². The molecule has 0 aromatic rings. The first kappa shape index (κ1) is 21.7. The number of amides is 2. The number of aliphatic hydroxyl groups excluding tert-OH is 3. The number of ether oxygens (including phenoxy) is 1. The Morgan fingerprint density at radius 2 is 1.85 bits per heavy atom. The molecule has 6 N–H and O–H groups in total. The zero-order valence-electron chi connectivity index (χ0n) is 13.2. The largest absolute Gasteiger partial charge is 0.478 e. The maximum Gasteiger partial charge on any atom is 0.471 e. The van der Waals surface area contributed by atoms with Crippen molar-refractivity contribution >= 4 is 17.8 Å². The molecule has 1 rings (SSSR count). The third-order valence-corrected chi connectivity index (χ3v) is 3.39. The summed E-state index contributed by atoms with van der Waals surface area (Å²) in [5.41, 5.74) is 0. The molecule has 148 valence electrons. The highest BCUT2D eigenvalue weighted by molar-refractivity contribution is 5.86. The zero-order valence-corrected chi connectivity index (χ0v) is 13.2. The van der Waals surface area contributed by atoms with Crippen molar-refractivity contribution in [3.8, 4) is 0 Å². The van der Waals surface area contributed by atoms with Gasteiger partial charge in [0.1, 0.15) is 18.3 Å². The van der Waals surface area contributed by atoms with Crippen LogP contribution in [0.15, 0.2) is 11.8 Å². The first-order valence-electron chi connectivity index (χ1n) is 7.12. The van der Waals surface area contributed by atoms with Gasteiger partial charge >= 0.3 is 18.1 Å². The highest BCUT2D eigenvalue weighted by Crippen LogP contribution is 2.24. The predicted octanol–water partition coefficient (Wildman–Crippen LogP) is -2.38. The van der Waals surface area contributed by atoms with Gasteiger partial charge in [0.05, 0.1) is 18.7 Å². The summed E-state index contributed by atoms with van der Waals surface area (Å²) in [5, 5.41) is 41.0. The van der Waals surface area contributed by atoms with Crippen molar-refractivity contribution in [2.24, 2.45) is 0 Å². The van der Waals surface area contributed by atoms with Crippen LogP contribution in [0.1, 0.15) is 6.92 Å². The van der Waals surface area contributed by atoms with Crippen molar-refractivity contribution in [1.82, 2.24) is 10.6 Å². The Balaban J connectivity index is 3.31. The molecule has 1 aliphatic heterocycles. The number of carbonyl (C=O) groups excluding carboxylic acids is 2. The van der Waals surface area contributed by atoms with Crippen molar-refractivity contribution in [1.29, 1.82) is 0 Å². The number of carbonyl (C=O) groups is 3. The van der Waals surface area contributed by atoms with E-state index in [2.05, 4.69) is 5.32 Å². The molecular formula is C13H17F3N2O8. The summed E-state index contributed by atoms with van der Waals surface area (Å²) in [4.78, 5) is 33.6. The second kappa shape index (κ2) is 8.33. The molecule has 0 aromatic carbocycles. The van der Waals surface area contributed by atoms with Crippen LogP contribution in [0.5, 0.6) is 0 Å². The molecular weight excluding hydrogens is 369 g/mol. The first-order valence-corrected chi connectivity index (χ1v) is 7.12. The van der Waals surface area contributed by atoms with Gasteiger partial charge in [-0.05, 0) is 6.08 Å². The number of alkyl halides is 3. The fraction of sp³-hybridized carbons (Fsp3) is 0.615. The zero-order chi connectivity index (χ0) is 20.2. The average molecular weight is 386 g/mol. The molecule has 0 radical (unpaired) electrons. The van der Waals surface area contributed by atoms with Gasteiger partial charge in [0.25, 0.3) is 0 Å². The van der Waals surface area contributed by atoms with Gasteiger partial charge in [-0.15, -0.1) is 0 Å². The van der Waals surface area contributed by atoms with Crippen LogP contribution in [0.4, 0.5) is 13.2 Å². The number of carboxylic acid groups (broad SMARTS) is 1. The van der Waals surface area contributed by atoms with Gasteiger partial charge in [-0.1, -0.05) is 0 Å². The van der Waals surface area contributed by atoms with Gasteiger partial charge in [0.15, 0.2) is 0 Å². The van der Waals surface area contributed by atoms with Gasteiger partial charge in [0, 0.05) is 6.92 Å². The quantitative estimate of drug-likeness (QED) is 0.294. The highest BCUT2D eigenvalue weighted by atomic mass is 19.4. The monoisotopic (exact) mass is 386 g/mol. The van der Waals surface area contributed by atoms with E-state index >= 15 is 0 Å². The molecule has 26 heavy (non-hydrogen) atoms. The molecule has 0 bridgehead atoms. The Kier molecular flexibility index (Phi) is 6.94. The topological polar surface area (TPSA) is 165 Å². The van der Waals surface area contributed by atoms with E-state index in [0.29, 0.717) is 0 Å². The van der Waals surface area contributed by atoms with Crippen molar-refractivity contribution in [2.45, 2.75) is 43.5 Å². The maximum atomic E-state index is 12.5. The van der Waals surface area contributed by atoms with E-state index in [1.807, 2.05) is 0 Å². The number of carboxylic acids is 1. The second-order valence-corrected chi connectivity index (χ2v) is 5.38. The Morgan fingerprint density at radius 1 is 1.27 bits per heavy atom. The lowest BCUT2D eigenvalue weighted by molar-refractivity contribution is -0.177. The second-order valence-electron chi connectivity index (χ2n) is 5.38. The molecule has 10 nitrogen and oxygen atoms in total. The lowest BCUT2D eigenvalue weighted by atomic mass is 9.92. The third-order valence-electron chi connectivity index (χ3n) is 3.39. The molecule has 13 heteroatoms. The Bertz CT molecular complexity index is 594. The van der Waals surface area contributed by atoms with Gasteiger partial charge < -0.3 is 35.8 Å². The minimum Gasteiger partial charge on any atom is -0.478 e. The molecule has 0 aromatic heterocycles. The molecule has 5 atom stereocenters. The summed E-state index contributed by atoms with van der Waals surface area (Å²) < 4.78 is 42.5.